The van der Waals surface area contributed by atoms with Gasteiger partial charge in [0, 0.05) is 19.3 Å². The van der Waals surface area contributed by atoms with Gasteiger partial charge < -0.3 is 14.2 Å². The highest BCUT2D eigenvalue weighted by Gasteiger charge is 2.19. The summed E-state index contributed by atoms with van der Waals surface area (Å²) in [5, 5.41) is 0. The number of carbonyl (C=O) groups excluding carboxylic acids is 3. The lowest BCUT2D eigenvalue weighted by atomic mass is 10.0. The zero-order chi connectivity index (χ0) is 59.2. The Morgan fingerprint density at radius 1 is 0.256 bits per heavy atom. The number of unbranched alkanes of at least 4 members (excludes halogenated alkanes) is 37. The smallest absolute Gasteiger partial charge is 0.306 e. The third kappa shape index (κ3) is 67.1. The molecule has 0 spiro atoms. The molecule has 82 heavy (non-hydrogen) atoms. The number of esters is 3. The van der Waals surface area contributed by atoms with Gasteiger partial charge in [0.2, 0.25) is 0 Å². The van der Waals surface area contributed by atoms with E-state index in [9.17, 15) is 14.4 Å². The number of ether oxygens (including phenoxy) is 3. The van der Waals surface area contributed by atoms with Crippen LogP contribution in [0.1, 0.15) is 348 Å². The molecule has 0 aromatic heterocycles. The molecule has 0 saturated heterocycles. The molecular weight excluding hydrogens is 1010 g/mol. The van der Waals surface area contributed by atoms with Crippen molar-refractivity contribution in [3.05, 3.63) is 97.2 Å². The van der Waals surface area contributed by atoms with Crippen LogP contribution in [-0.4, -0.2) is 37.2 Å². The van der Waals surface area contributed by atoms with E-state index in [1.54, 1.807) is 0 Å². The van der Waals surface area contributed by atoms with Gasteiger partial charge in [0.25, 0.3) is 0 Å². The first-order valence-electron chi connectivity index (χ1n) is 35.2. The third-order valence-electron chi connectivity index (χ3n) is 15.3. The molecule has 0 aliphatic carbocycles. The maximum Gasteiger partial charge on any atom is 0.306 e. The molecule has 0 bridgehead atoms. The van der Waals surface area contributed by atoms with Crippen LogP contribution in [0.15, 0.2) is 97.2 Å². The molecule has 6 heteroatoms. The Kier molecular flexibility index (Phi) is 66.7. The predicted molar refractivity (Wildman–Crippen MR) is 357 cm³/mol. The molecule has 0 saturated carbocycles. The van der Waals surface area contributed by atoms with Crippen molar-refractivity contribution < 1.29 is 28.6 Å². The van der Waals surface area contributed by atoms with E-state index >= 15 is 0 Å². The first kappa shape index (κ1) is 78.3. The standard InChI is InChI=1S/C76H132O6/c1-4-7-10-13-16-19-21-23-25-27-29-31-32-33-34-35-36-37-38-39-40-41-42-43-44-46-47-49-51-53-55-57-60-63-66-69-75(78)81-72-73(71-80-74(77)68-65-62-59-18-15-12-9-6-3)82-76(79)70-67-64-61-58-56-54-52-50-48-45-30-28-26-24-22-20-17-14-11-8-5-2/h7-8,10-11,16-17,19-20,23-26,29-31,45,73H,4-6,9,12-15,18,21-22,27-28,32-44,46-72H2,1-3H3/b10-7-,11-8-,19-16-,20-17-,25-23-,26-24-,31-29-,45-30-. The molecule has 472 valence electrons. The summed E-state index contributed by atoms with van der Waals surface area (Å²) in [5.41, 5.74) is 0. The Labute approximate surface area is 508 Å². The van der Waals surface area contributed by atoms with Crippen LogP contribution in [0.5, 0.6) is 0 Å². The minimum absolute atomic E-state index is 0.0756. The van der Waals surface area contributed by atoms with Crippen LogP contribution >= 0.6 is 0 Å². The summed E-state index contributed by atoms with van der Waals surface area (Å²) < 4.78 is 16.9. The third-order valence-corrected chi connectivity index (χ3v) is 15.3. The van der Waals surface area contributed by atoms with E-state index < -0.39 is 6.10 Å². The van der Waals surface area contributed by atoms with Crippen molar-refractivity contribution in [2.75, 3.05) is 13.2 Å². The zero-order valence-corrected chi connectivity index (χ0v) is 54.2. The molecule has 0 aromatic carbocycles. The zero-order valence-electron chi connectivity index (χ0n) is 54.2. The highest BCUT2D eigenvalue weighted by molar-refractivity contribution is 5.71. The van der Waals surface area contributed by atoms with Gasteiger partial charge in [0.1, 0.15) is 13.2 Å². The van der Waals surface area contributed by atoms with Crippen molar-refractivity contribution in [2.45, 2.75) is 354 Å². The van der Waals surface area contributed by atoms with Crippen molar-refractivity contribution in [1.29, 1.82) is 0 Å². The van der Waals surface area contributed by atoms with Gasteiger partial charge in [0.05, 0.1) is 0 Å². The van der Waals surface area contributed by atoms with Crippen molar-refractivity contribution in [2.24, 2.45) is 0 Å². The molecule has 0 fully saturated rings. The normalized spacial score (nSPS) is 12.7. The lowest BCUT2D eigenvalue weighted by Crippen LogP contribution is -2.30. The second-order valence-corrected chi connectivity index (χ2v) is 23.4. The van der Waals surface area contributed by atoms with Gasteiger partial charge in [-0.15, -0.1) is 0 Å². The quantitative estimate of drug-likeness (QED) is 0.0261. The van der Waals surface area contributed by atoms with E-state index in [1.165, 1.54) is 193 Å². The lowest BCUT2D eigenvalue weighted by Gasteiger charge is -2.18. The fourth-order valence-corrected chi connectivity index (χ4v) is 10.1. The average molecular weight is 1140 g/mol. The highest BCUT2D eigenvalue weighted by atomic mass is 16.6. The van der Waals surface area contributed by atoms with Gasteiger partial charge in [-0.2, -0.15) is 0 Å². The maximum absolute atomic E-state index is 12.9. The minimum Gasteiger partial charge on any atom is -0.462 e. The summed E-state index contributed by atoms with van der Waals surface area (Å²) in [4.78, 5) is 38.2. The SMILES string of the molecule is CC/C=C\C/C=C\C/C=C\C/C=C\CCCCCCCCCCCCCCCCCCCCCCCCC(=O)OCC(COC(=O)CCCCCCCCCC)OC(=O)CCCCCCCCCC/C=C\C/C=C\C/C=C\C/C=C\CC. The molecule has 0 N–H and O–H groups in total. The summed E-state index contributed by atoms with van der Waals surface area (Å²) in [5.74, 6) is -0.872. The van der Waals surface area contributed by atoms with Crippen LogP contribution in [0.3, 0.4) is 0 Å². The molecule has 1 unspecified atom stereocenters. The van der Waals surface area contributed by atoms with Crippen LogP contribution in [0.2, 0.25) is 0 Å². The maximum atomic E-state index is 12.9. The molecule has 6 nitrogen and oxygen atoms in total. The van der Waals surface area contributed by atoms with E-state index in [4.69, 9.17) is 14.2 Å². The van der Waals surface area contributed by atoms with Gasteiger partial charge in [0.15, 0.2) is 6.10 Å². The van der Waals surface area contributed by atoms with Gasteiger partial charge in [-0.1, -0.05) is 330 Å². The minimum atomic E-state index is -0.778. The Morgan fingerprint density at radius 3 is 0.744 bits per heavy atom. The van der Waals surface area contributed by atoms with Crippen LogP contribution in [0.25, 0.3) is 0 Å². The van der Waals surface area contributed by atoms with Gasteiger partial charge in [-0.05, 0) is 96.3 Å². The van der Waals surface area contributed by atoms with E-state index in [1.807, 2.05) is 0 Å². The van der Waals surface area contributed by atoms with Crippen molar-refractivity contribution in [1.82, 2.24) is 0 Å². The molecule has 0 aliphatic rings. The van der Waals surface area contributed by atoms with Crippen molar-refractivity contribution in [3.63, 3.8) is 0 Å². The summed E-state index contributed by atoms with van der Waals surface area (Å²) in [7, 11) is 0. The van der Waals surface area contributed by atoms with Gasteiger partial charge in [-0.25, -0.2) is 0 Å². The molecule has 0 rings (SSSR count). The summed E-state index contributed by atoms with van der Waals surface area (Å²) in [6.45, 7) is 6.42. The molecule has 1 atom stereocenters. The first-order chi connectivity index (χ1) is 40.5. The highest BCUT2D eigenvalue weighted by Crippen LogP contribution is 2.18. The fraction of sp³-hybridized carbons (Fsp3) is 0.750. The van der Waals surface area contributed by atoms with E-state index in [0.717, 1.165) is 116 Å². The molecule has 0 aromatic rings. The molecular formula is C76H132O6. The summed E-state index contributed by atoms with van der Waals surface area (Å²) >= 11 is 0. The number of carbonyl (C=O) groups is 3. The average Bonchev–Trinajstić information content (AvgIpc) is 3.47. The van der Waals surface area contributed by atoms with Crippen LogP contribution in [0, 0.1) is 0 Å². The second kappa shape index (κ2) is 69.8. The van der Waals surface area contributed by atoms with E-state index in [-0.39, 0.29) is 31.1 Å². The monoisotopic (exact) mass is 1140 g/mol. The largest absolute Gasteiger partial charge is 0.462 e. The predicted octanol–water partition coefficient (Wildman–Crippen LogP) is 24.4. The van der Waals surface area contributed by atoms with Crippen molar-refractivity contribution >= 4 is 17.9 Å². The Balaban J connectivity index is 4.03. The molecule has 0 heterocycles. The Morgan fingerprint density at radius 2 is 0.476 bits per heavy atom. The number of allylic oxidation sites excluding steroid dienone is 16. The topological polar surface area (TPSA) is 78.9 Å². The molecule has 0 radical (unpaired) electrons. The summed E-state index contributed by atoms with van der Waals surface area (Å²) in [6, 6.07) is 0. The lowest BCUT2D eigenvalue weighted by molar-refractivity contribution is -0.167. The number of hydrogen-bond donors (Lipinski definition) is 0. The van der Waals surface area contributed by atoms with Crippen LogP contribution in [-0.2, 0) is 28.6 Å². The van der Waals surface area contributed by atoms with Crippen LogP contribution in [0.4, 0.5) is 0 Å². The molecule has 0 aliphatic heterocycles. The first-order valence-corrected chi connectivity index (χ1v) is 35.2. The molecule has 0 amide bonds. The van der Waals surface area contributed by atoms with Gasteiger partial charge in [-0.3, -0.25) is 14.4 Å². The number of rotatable bonds is 64. The fourth-order valence-electron chi connectivity index (χ4n) is 10.1. The van der Waals surface area contributed by atoms with E-state index in [0.29, 0.717) is 19.3 Å². The Bertz CT molecular complexity index is 1590. The Hall–Kier alpha value is -3.67. The van der Waals surface area contributed by atoms with E-state index in [2.05, 4.69) is 118 Å². The van der Waals surface area contributed by atoms with Crippen molar-refractivity contribution in [3.8, 4) is 0 Å². The van der Waals surface area contributed by atoms with Crippen LogP contribution < -0.4 is 0 Å². The summed E-state index contributed by atoms with van der Waals surface area (Å²) in [6.07, 6.45) is 94.7. The second-order valence-electron chi connectivity index (χ2n) is 23.4. The number of hydrogen-bond acceptors (Lipinski definition) is 6. The van der Waals surface area contributed by atoms with Gasteiger partial charge >= 0.3 is 17.9 Å².